The quantitative estimate of drug-likeness (QED) is 0.839. The first-order chi connectivity index (χ1) is 9.36. The van der Waals surface area contributed by atoms with E-state index in [1.807, 2.05) is 0 Å². The Morgan fingerprint density at radius 1 is 1.25 bits per heavy atom. The minimum Gasteiger partial charge on any atom is -0.379 e. The summed E-state index contributed by atoms with van der Waals surface area (Å²) < 4.78 is 0. The van der Waals surface area contributed by atoms with Crippen LogP contribution in [0.4, 0.5) is 5.69 Å². The number of nitrogens with one attached hydrogen (secondary N) is 1. The van der Waals surface area contributed by atoms with Gasteiger partial charge >= 0.3 is 0 Å². The summed E-state index contributed by atoms with van der Waals surface area (Å²) in [6, 6.07) is 8.63. The molecule has 0 aliphatic heterocycles. The molecule has 20 heavy (non-hydrogen) atoms. The van der Waals surface area contributed by atoms with Gasteiger partial charge in [-0.25, -0.2) is 4.98 Å². The van der Waals surface area contributed by atoms with E-state index in [0.717, 1.165) is 11.6 Å². The van der Waals surface area contributed by atoms with Gasteiger partial charge in [-0.15, -0.1) is 11.3 Å². The molecule has 2 nitrogen and oxygen atoms in total. The van der Waals surface area contributed by atoms with Gasteiger partial charge in [0.05, 0.1) is 12.2 Å². The van der Waals surface area contributed by atoms with Crippen LogP contribution in [-0.2, 0) is 12.0 Å². The van der Waals surface area contributed by atoms with Crippen molar-refractivity contribution in [2.45, 2.75) is 52.5 Å². The molecule has 0 unspecified atom stereocenters. The van der Waals surface area contributed by atoms with Gasteiger partial charge in [0.25, 0.3) is 0 Å². The van der Waals surface area contributed by atoms with E-state index in [4.69, 9.17) is 4.98 Å². The maximum atomic E-state index is 4.71. The monoisotopic (exact) mass is 288 g/mol. The highest BCUT2D eigenvalue weighted by molar-refractivity contribution is 7.09. The maximum absolute atomic E-state index is 4.71. The predicted octanol–water partition coefficient (Wildman–Crippen LogP) is 5.18. The highest BCUT2D eigenvalue weighted by Crippen LogP contribution is 2.24. The van der Waals surface area contributed by atoms with Gasteiger partial charge < -0.3 is 5.32 Å². The van der Waals surface area contributed by atoms with Crippen LogP contribution in [0.25, 0.3) is 0 Å². The van der Waals surface area contributed by atoms with Crippen LogP contribution in [0.5, 0.6) is 0 Å². The zero-order chi connectivity index (χ0) is 14.8. The fourth-order valence-corrected chi connectivity index (χ4v) is 2.88. The van der Waals surface area contributed by atoms with Crippen molar-refractivity contribution in [1.82, 2.24) is 4.98 Å². The minimum atomic E-state index is 0.131. The molecule has 0 saturated carbocycles. The largest absolute Gasteiger partial charge is 0.379 e. The van der Waals surface area contributed by atoms with E-state index in [2.05, 4.69) is 69.6 Å². The lowest BCUT2D eigenvalue weighted by molar-refractivity contribution is 0.571. The lowest BCUT2D eigenvalue weighted by Gasteiger charge is -2.14. The van der Waals surface area contributed by atoms with Crippen molar-refractivity contribution in [2.24, 2.45) is 0 Å². The molecule has 0 atom stereocenters. The summed E-state index contributed by atoms with van der Waals surface area (Å²) in [4.78, 5) is 4.71. The Hall–Kier alpha value is -1.35. The lowest BCUT2D eigenvalue weighted by Crippen LogP contribution is -2.11. The van der Waals surface area contributed by atoms with Gasteiger partial charge in [0.15, 0.2) is 0 Å². The summed E-state index contributed by atoms with van der Waals surface area (Å²) in [6.45, 7) is 11.8. The first kappa shape index (κ1) is 15.0. The third kappa shape index (κ3) is 3.83. The summed E-state index contributed by atoms with van der Waals surface area (Å²) >= 11 is 1.73. The van der Waals surface area contributed by atoms with E-state index in [9.17, 15) is 0 Å². The number of nitrogens with zero attached hydrogens (tertiary/aromatic N) is 1. The highest BCUT2D eigenvalue weighted by Gasteiger charge is 2.17. The lowest BCUT2D eigenvalue weighted by atomic mass is 9.93. The molecule has 2 aromatic rings. The zero-order valence-electron chi connectivity index (χ0n) is 13.0. The molecule has 0 amide bonds. The van der Waals surface area contributed by atoms with E-state index in [1.165, 1.54) is 16.9 Å². The number of aromatic nitrogens is 1. The van der Waals surface area contributed by atoms with Crippen molar-refractivity contribution in [2.75, 3.05) is 5.32 Å². The molecule has 108 valence electrons. The van der Waals surface area contributed by atoms with E-state index in [1.54, 1.807) is 11.3 Å². The number of thiazole rings is 1. The molecule has 0 spiro atoms. The highest BCUT2D eigenvalue weighted by atomic mass is 32.1. The summed E-state index contributed by atoms with van der Waals surface area (Å²) in [7, 11) is 0. The average molecular weight is 288 g/mol. The number of hydrogen-bond acceptors (Lipinski definition) is 3. The predicted molar refractivity (Wildman–Crippen MR) is 88.7 cm³/mol. The van der Waals surface area contributed by atoms with Crippen molar-refractivity contribution in [3.63, 3.8) is 0 Å². The average Bonchev–Trinajstić information content (AvgIpc) is 2.85. The molecule has 0 radical (unpaired) electrons. The maximum Gasteiger partial charge on any atom is 0.112 e. The Balaban J connectivity index is 2.02. The second-order valence-corrected chi connectivity index (χ2v) is 7.45. The molecule has 0 saturated heterocycles. The second-order valence-electron chi connectivity index (χ2n) is 6.51. The molecule has 2 rings (SSSR count). The molecule has 0 aliphatic rings. The van der Waals surface area contributed by atoms with Crippen molar-refractivity contribution in [3.05, 3.63) is 45.9 Å². The molecule has 3 heteroatoms. The Bertz CT molecular complexity index is 564. The number of hydrogen-bond donors (Lipinski definition) is 1. The van der Waals surface area contributed by atoms with Gasteiger partial charge in [-0.3, -0.25) is 0 Å². The molecule has 1 aromatic heterocycles. The number of rotatable bonds is 4. The zero-order valence-corrected chi connectivity index (χ0v) is 13.8. The van der Waals surface area contributed by atoms with Crippen LogP contribution in [0.1, 0.15) is 56.8 Å². The van der Waals surface area contributed by atoms with Crippen molar-refractivity contribution in [3.8, 4) is 0 Å². The number of benzene rings is 1. The van der Waals surface area contributed by atoms with E-state index in [-0.39, 0.29) is 5.41 Å². The van der Waals surface area contributed by atoms with Gasteiger partial charge in [0, 0.05) is 16.5 Å². The Morgan fingerprint density at radius 3 is 2.60 bits per heavy atom. The van der Waals surface area contributed by atoms with Gasteiger partial charge in [-0.1, -0.05) is 46.8 Å². The minimum absolute atomic E-state index is 0.131. The van der Waals surface area contributed by atoms with Gasteiger partial charge in [0.1, 0.15) is 5.01 Å². The SMILES string of the molecule is CC(C)c1cccc(NCc2nc(C(C)(C)C)cs2)c1. The number of anilines is 1. The van der Waals surface area contributed by atoms with Crippen molar-refractivity contribution < 1.29 is 0 Å². The molecule has 1 aromatic carbocycles. The normalized spacial score (nSPS) is 11.9. The topological polar surface area (TPSA) is 24.9 Å². The van der Waals surface area contributed by atoms with Crippen LogP contribution in [0.15, 0.2) is 29.6 Å². The molecule has 1 N–H and O–H groups in total. The summed E-state index contributed by atoms with van der Waals surface area (Å²) in [5.74, 6) is 0.559. The van der Waals surface area contributed by atoms with Crippen molar-refractivity contribution in [1.29, 1.82) is 0 Å². The smallest absolute Gasteiger partial charge is 0.112 e. The fraction of sp³-hybridized carbons (Fsp3) is 0.471. The molecule has 1 heterocycles. The van der Waals surface area contributed by atoms with E-state index in [0.29, 0.717) is 5.92 Å². The van der Waals surface area contributed by atoms with Gasteiger partial charge in [-0.05, 0) is 23.6 Å². The van der Waals surface area contributed by atoms with Crippen LogP contribution in [0, 0.1) is 0 Å². The molecule has 0 bridgehead atoms. The Kier molecular flexibility index (Phi) is 4.48. The molecular formula is C17H24N2S. The second kappa shape index (κ2) is 5.96. The van der Waals surface area contributed by atoms with Crippen LogP contribution in [0.2, 0.25) is 0 Å². The van der Waals surface area contributed by atoms with Crippen molar-refractivity contribution >= 4 is 17.0 Å². The standard InChI is InChI=1S/C17H24N2S/c1-12(2)13-7-6-8-14(9-13)18-10-16-19-15(11-20-16)17(3,4)5/h6-9,11-12,18H,10H2,1-5H3. The Morgan fingerprint density at radius 2 is 2.00 bits per heavy atom. The third-order valence-electron chi connectivity index (χ3n) is 3.32. The fourth-order valence-electron chi connectivity index (χ4n) is 1.92. The van der Waals surface area contributed by atoms with E-state index >= 15 is 0 Å². The van der Waals surface area contributed by atoms with Crippen LogP contribution >= 0.6 is 11.3 Å². The van der Waals surface area contributed by atoms with Gasteiger partial charge in [0.2, 0.25) is 0 Å². The molecule has 0 fully saturated rings. The third-order valence-corrected chi connectivity index (χ3v) is 4.17. The summed E-state index contributed by atoms with van der Waals surface area (Å²) in [5.41, 5.74) is 3.84. The van der Waals surface area contributed by atoms with E-state index < -0.39 is 0 Å². The van der Waals surface area contributed by atoms with Crippen LogP contribution in [0.3, 0.4) is 0 Å². The first-order valence-corrected chi connectivity index (χ1v) is 8.03. The molecule has 0 aliphatic carbocycles. The Labute approximate surface area is 126 Å². The van der Waals surface area contributed by atoms with Gasteiger partial charge in [-0.2, -0.15) is 0 Å². The summed E-state index contributed by atoms with van der Waals surface area (Å²) in [6.07, 6.45) is 0. The van der Waals surface area contributed by atoms with Crippen LogP contribution < -0.4 is 5.32 Å². The van der Waals surface area contributed by atoms with Crippen LogP contribution in [-0.4, -0.2) is 4.98 Å². The summed E-state index contributed by atoms with van der Waals surface area (Å²) in [5, 5.41) is 6.78. The molecular weight excluding hydrogens is 264 g/mol. The first-order valence-electron chi connectivity index (χ1n) is 7.15.